The maximum Gasteiger partial charge on any atom is 0.131 e. The highest BCUT2D eigenvalue weighted by Crippen LogP contribution is 2.29. The average molecular weight is 261 g/mol. The maximum atomic E-state index is 13.9. The van der Waals surface area contributed by atoms with Gasteiger partial charge in [-0.05, 0) is 30.2 Å². The van der Waals surface area contributed by atoms with E-state index in [0.29, 0.717) is 23.4 Å². The number of ether oxygens (including phenoxy) is 1. The first-order chi connectivity index (χ1) is 9.13. The van der Waals surface area contributed by atoms with Crippen LogP contribution in [0.2, 0.25) is 0 Å². The van der Waals surface area contributed by atoms with Gasteiger partial charge in [-0.2, -0.15) is 0 Å². The summed E-state index contributed by atoms with van der Waals surface area (Å²) in [5, 5.41) is 0. The molecule has 0 bridgehead atoms. The summed E-state index contributed by atoms with van der Waals surface area (Å²) in [5.74, 6) is 0.0595. The van der Waals surface area contributed by atoms with Crippen molar-refractivity contribution in [2.45, 2.75) is 12.5 Å². The van der Waals surface area contributed by atoms with Gasteiger partial charge in [-0.25, -0.2) is 4.39 Å². The third kappa shape index (κ3) is 2.82. The molecule has 1 atom stereocenters. The van der Waals surface area contributed by atoms with Crippen molar-refractivity contribution in [2.24, 2.45) is 5.73 Å². The predicted molar refractivity (Wildman–Crippen MR) is 72.2 cm³/mol. The summed E-state index contributed by atoms with van der Waals surface area (Å²) >= 11 is 0. The van der Waals surface area contributed by atoms with E-state index in [1.54, 1.807) is 30.6 Å². The van der Waals surface area contributed by atoms with Crippen LogP contribution in [0, 0.1) is 5.82 Å². The van der Waals surface area contributed by atoms with Crippen LogP contribution < -0.4 is 16.2 Å². The second-order valence-corrected chi connectivity index (χ2v) is 4.24. The minimum Gasteiger partial charge on any atom is -0.496 e. The van der Waals surface area contributed by atoms with Gasteiger partial charge in [-0.1, -0.05) is 6.07 Å². The third-order valence-electron chi connectivity index (χ3n) is 2.98. The van der Waals surface area contributed by atoms with Crippen LogP contribution in [0.5, 0.6) is 5.75 Å². The highest BCUT2D eigenvalue weighted by molar-refractivity contribution is 5.46. The van der Waals surface area contributed by atoms with Gasteiger partial charge in [0.05, 0.1) is 7.11 Å². The molecule has 0 fully saturated rings. The molecule has 1 heterocycles. The Labute approximate surface area is 111 Å². The number of aromatic nitrogens is 1. The number of halogens is 1. The molecule has 0 aliphatic rings. The van der Waals surface area contributed by atoms with E-state index >= 15 is 0 Å². The van der Waals surface area contributed by atoms with E-state index in [2.05, 4.69) is 4.98 Å². The molecule has 2 aromatic rings. The van der Waals surface area contributed by atoms with Crippen LogP contribution in [-0.2, 0) is 6.42 Å². The lowest BCUT2D eigenvalue weighted by atomic mass is 9.98. The van der Waals surface area contributed by atoms with E-state index in [1.165, 1.54) is 13.2 Å². The maximum absolute atomic E-state index is 13.9. The van der Waals surface area contributed by atoms with Gasteiger partial charge in [-0.15, -0.1) is 0 Å². The van der Waals surface area contributed by atoms with Gasteiger partial charge in [0.25, 0.3) is 0 Å². The largest absolute Gasteiger partial charge is 0.496 e. The van der Waals surface area contributed by atoms with Gasteiger partial charge < -0.3 is 16.2 Å². The summed E-state index contributed by atoms with van der Waals surface area (Å²) in [5.41, 5.74) is 13.6. The molecule has 1 aromatic carbocycles. The number of benzene rings is 1. The summed E-state index contributed by atoms with van der Waals surface area (Å²) in [6.07, 6.45) is 3.65. The van der Waals surface area contributed by atoms with Crippen molar-refractivity contribution in [3.8, 4) is 5.75 Å². The van der Waals surface area contributed by atoms with Crippen LogP contribution in [-0.4, -0.2) is 12.1 Å². The molecule has 0 saturated carbocycles. The minimum absolute atomic E-state index is 0.355. The zero-order valence-electron chi connectivity index (χ0n) is 10.6. The Balaban J connectivity index is 2.30. The number of nitrogens with zero attached hydrogens (tertiary/aromatic N) is 1. The molecule has 0 aliphatic carbocycles. The van der Waals surface area contributed by atoms with Crippen molar-refractivity contribution in [3.63, 3.8) is 0 Å². The number of nitrogens with two attached hydrogens (primary N) is 2. The predicted octanol–water partition coefficient (Wildman–Crippen LogP) is 2.05. The number of hydrogen-bond donors (Lipinski definition) is 2. The van der Waals surface area contributed by atoms with E-state index in [1.807, 2.05) is 0 Å². The van der Waals surface area contributed by atoms with Crippen molar-refractivity contribution >= 4 is 5.69 Å². The quantitative estimate of drug-likeness (QED) is 0.883. The molecule has 1 unspecified atom stereocenters. The van der Waals surface area contributed by atoms with Gasteiger partial charge in [0.2, 0.25) is 0 Å². The Morgan fingerprint density at radius 3 is 2.84 bits per heavy atom. The summed E-state index contributed by atoms with van der Waals surface area (Å²) in [4.78, 5) is 4.00. The normalized spacial score (nSPS) is 12.2. The van der Waals surface area contributed by atoms with E-state index in [9.17, 15) is 4.39 Å². The second kappa shape index (κ2) is 5.67. The zero-order chi connectivity index (χ0) is 13.8. The van der Waals surface area contributed by atoms with E-state index in [4.69, 9.17) is 16.2 Å². The summed E-state index contributed by atoms with van der Waals surface area (Å²) in [6, 6.07) is 5.79. The molecule has 0 spiro atoms. The fourth-order valence-corrected chi connectivity index (χ4v) is 2.00. The van der Waals surface area contributed by atoms with Gasteiger partial charge in [-0.3, -0.25) is 4.98 Å². The van der Waals surface area contributed by atoms with Gasteiger partial charge in [0, 0.05) is 29.7 Å². The van der Waals surface area contributed by atoms with Crippen LogP contribution in [0.15, 0.2) is 36.7 Å². The van der Waals surface area contributed by atoms with Crippen molar-refractivity contribution in [1.82, 2.24) is 4.98 Å². The Kier molecular flexibility index (Phi) is 3.97. The van der Waals surface area contributed by atoms with Crippen LogP contribution in [0.25, 0.3) is 0 Å². The lowest BCUT2D eigenvalue weighted by Crippen LogP contribution is -2.17. The minimum atomic E-state index is -0.539. The Hall–Kier alpha value is -2.14. The Morgan fingerprint density at radius 2 is 2.16 bits per heavy atom. The zero-order valence-corrected chi connectivity index (χ0v) is 10.6. The molecule has 100 valence electrons. The first-order valence-electron chi connectivity index (χ1n) is 5.89. The molecule has 5 heteroatoms. The van der Waals surface area contributed by atoms with Crippen LogP contribution in [0.3, 0.4) is 0 Å². The first-order valence-corrected chi connectivity index (χ1v) is 5.89. The number of nitrogen functional groups attached to an aromatic ring is 1. The van der Waals surface area contributed by atoms with Crippen LogP contribution >= 0.6 is 0 Å². The SMILES string of the molecule is COc1cccc(F)c1C(N)Cc1cnccc1N. The highest BCUT2D eigenvalue weighted by atomic mass is 19.1. The standard InChI is InChI=1S/C14H16FN3O/c1-19-13-4-2-3-10(15)14(13)12(17)7-9-8-18-6-5-11(9)16/h2-6,8,12H,7,17H2,1H3,(H2,16,18). The summed E-state index contributed by atoms with van der Waals surface area (Å²) in [7, 11) is 1.49. The highest BCUT2D eigenvalue weighted by Gasteiger charge is 2.18. The lowest BCUT2D eigenvalue weighted by Gasteiger charge is -2.17. The number of methoxy groups -OCH3 is 1. The molecule has 0 radical (unpaired) electrons. The molecular formula is C14H16FN3O. The molecule has 2 rings (SSSR count). The summed E-state index contributed by atoms with van der Waals surface area (Å²) in [6.45, 7) is 0. The number of pyridine rings is 1. The summed E-state index contributed by atoms with van der Waals surface area (Å²) < 4.78 is 19.0. The fraction of sp³-hybridized carbons (Fsp3) is 0.214. The third-order valence-corrected chi connectivity index (χ3v) is 2.98. The van der Waals surface area contributed by atoms with E-state index in [-0.39, 0.29) is 5.82 Å². The second-order valence-electron chi connectivity index (χ2n) is 4.24. The van der Waals surface area contributed by atoms with Crippen molar-refractivity contribution in [2.75, 3.05) is 12.8 Å². The molecule has 4 N–H and O–H groups in total. The van der Waals surface area contributed by atoms with Crippen molar-refractivity contribution < 1.29 is 9.13 Å². The van der Waals surface area contributed by atoms with Crippen molar-refractivity contribution in [1.29, 1.82) is 0 Å². The number of rotatable bonds is 4. The fourth-order valence-electron chi connectivity index (χ4n) is 2.00. The molecule has 19 heavy (non-hydrogen) atoms. The Morgan fingerprint density at radius 1 is 1.37 bits per heavy atom. The van der Waals surface area contributed by atoms with E-state index < -0.39 is 6.04 Å². The topological polar surface area (TPSA) is 74.2 Å². The van der Waals surface area contributed by atoms with E-state index in [0.717, 1.165) is 5.56 Å². The van der Waals surface area contributed by atoms with Gasteiger partial charge in [0.1, 0.15) is 11.6 Å². The monoisotopic (exact) mass is 261 g/mol. The molecular weight excluding hydrogens is 245 g/mol. The van der Waals surface area contributed by atoms with Crippen LogP contribution in [0.1, 0.15) is 17.2 Å². The van der Waals surface area contributed by atoms with Gasteiger partial charge >= 0.3 is 0 Å². The smallest absolute Gasteiger partial charge is 0.131 e. The lowest BCUT2D eigenvalue weighted by molar-refractivity contribution is 0.399. The first kappa shape index (κ1) is 13.3. The molecule has 1 aromatic heterocycles. The molecule has 0 saturated heterocycles. The molecule has 0 aliphatic heterocycles. The van der Waals surface area contributed by atoms with Crippen molar-refractivity contribution in [3.05, 3.63) is 53.6 Å². The number of hydrogen-bond acceptors (Lipinski definition) is 4. The van der Waals surface area contributed by atoms with Crippen LogP contribution in [0.4, 0.5) is 10.1 Å². The van der Waals surface area contributed by atoms with Gasteiger partial charge in [0.15, 0.2) is 0 Å². The molecule has 0 amide bonds. The Bertz CT molecular complexity index is 574. The average Bonchev–Trinajstić information content (AvgIpc) is 2.40. The molecule has 4 nitrogen and oxygen atoms in total. The number of anilines is 1.